The standard InChI is InChI=1S/C35H38N4O10S/c1-7-8-45-35(43)37-19-13-50-33-25-24(32-31(47-14-48-32)16(3)30(25)49-17(4)40)22(12-46-34(19)42)39-21(11-36)20-10-18-9-15(2)29(44-6)28(41)23(18)26(27(33)39)38(20)5/h7,9,19-22,26-27,33,41H,1,8,10,12-14H2,2-6H3,(H,37,43)/t19-,20+,21-,22-,26-,27+,33-/m0/s1. The van der Waals surface area contributed by atoms with E-state index in [1.54, 1.807) is 6.92 Å². The molecule has 2 aromatic rings. The van der Waals surface area contributed by atoms with Crippen LogP contribution in [0.2, 0.25) is 0 Å². The number of nitrogens with one attached hydrogen (secondary N) is 1. The SMILES string of the molecule is C=CCOC(=O)N[C@H]1CS[C@H]2c3c(OC(C)=O)c(C)c4c(c3[C@H](COC1=O)N1[C@@H]2[C@@H]2c3c(cc(C)c(OC)c3O)C[C@H]([C@@H]1C#N)N2C)OCO4. The highest BCUT2D eigenvalue weighted by atomic mass is 32.2. The Morgan fingerprint density at radius 1 is 1.20 bits per heavy atom. The van der Waals surface area contributed by atoms with Gasteiger partial charge in [-0.15, -0.1) is 11.8 Å². The predicted molar refractivity (Wildman–Crippen MR) is 178 cm³/mol. The van der Waals surface area contributed by atoms with Crippen LogP contribution < -0.4 is 24.3 Å². The lowest BCUT2D eigenvalue weighted by Gasteiger charge is -2.61. The van der Waals surface area contributed by atoms with Crippen LogP contribution in [-0.4, -0.2) is 97.0 Å². The van der Waals surface area contributed by atoms with Crippen LogP contribution in [0.3, 0.4) is 0 Å². The van der Waals surface area contributed by atoms with Crippen LogP contribution in [0.5, 0.6) is 28.7 Å². The highest BCUT2D eigenvalue weighted by Crippen LogP contribution is 2.64. The summed E-state index contributed by atoms with van der Waals surface area (Å²) in [5.74, 6) is 0.321. The number of alkyl carbamates (subject to hydrolysis) is 1. The topological polar surface area (TPSA) is 169 Å². The molecule has 14 nitrogen and oxygen atoms in total. The number of hydrogen-bond acceptors (Lipinski definition) is 14. The number of hydrogen-bond donors (Lipinski definition) is 2. The molecule has 2 saturated heterocycles. The first kappa shape index (κ1) is 33.8. The summed E-state index contributed by atoms with van der Waals surface area (Å²) in [5.41, 5.74) is 4.15. The number of nitrogens with zero attached hydrogens (tertiary/aromatic N) is 3. The van der Waals surface area contributed by atoms with Crippen molar-refractivity contribution in [1.82, 2.24) is 15.1 Å². The van der Waals surface area contributed by atoms with E-state index in [-0.39, 0.29) is 37.6 Å². The number of aryl methyl sites for hydroxylation is 1. The van der Waals surface area contributed by atoms with Crippen molar-refractivity contribution >= 4 is 29.8 Å². The minimum atomic E-state index is -1.10. The minimum Gasteiger partial charge on any atom is -0.504 e. The molecule has 0 saturated carbocycles. The summed E-state index contributed by atoms with van der Waals surface area (Å²) in [5, 5.41) is 24.8. The van der Waals surface area contributed by atoms with E-state index in [1.807, 2.05) is 20.0 Å². The maximum absolute atomic E-state index is 13.6. The zero-order valence-corrected chi connectivity index (χ0v) is 29.1. The van der Waals surface area contributed by atoms with Crippen molar-refractivity contribution < 1.29 is 47.9 Å². The first-order chi connectivity index (χ1) is 24.0. The molecule has 15 heteroatoms. The van der Waals surface area contributed by atoms with Crippen molar-refractivity contribution in [3.63, 3.8) is 0 Å². The predicted octanol–water partition coefficient (Wildman–Crippen LogP) is 3.51. The first-order valence-corrected chi connectivity index (χ1v) is 17.3. The highest BCUT2D eigenvalue weighted by Gasteiger charge is 2.60. The fourth-order valence-electron chi connectivity index (χ4n) is 8.39. The number of benzene rings is 2. The third kappa shape index (κ3) is 5.11. The molecular weight excluding hydrogens is 668 g/mol. The van der Waals surface area contributed by atoms with E-state index in [1.165, 1.54) is 31.9 Å². The Labute approximate surface area is 293 Å². The summed E-state index contributed by atoms with van der Waals surface area (Å²) in [6.07, 6.45) is 1.08. The van der Waals surface area contributed by atoms with Crippen LogP contribution in [0.1, 0.15) is 57.6 Å². The number of esters is 2. The molecule has 264 valence electrons. The molecule has 0 spiro atoms. The molecule has 0 radical (unpaired) electrons. The van der Waals surface area contributed by atoms with Crippen LogP contribution in [-0.2, 0) is 25.5 Å². The van der Waals surface area contributed by atoms with Gasteiger partial charge in [0.2, 0.25) is 6.79 Å². The van der Waals surface area contributed by atoms with Crippen LogP contribution in [0.15, 0.2) is 18.7 Å². The second kappa shape index (κ2) is 12.9. The molecule has 0 unspecified atom stereocenters. The molecule has 6 aliphatic rings. The van der Waals surface area contributed by atoms with Gasteiger partial charge in [-0.25, -0.2) is 9.59 Å². The van der Waals surface area contributed by atoms with Crippen molar-refractivity contribution in [2.75, 3.05) is 39.9 Å². The Morgan fingerprint density at radius 2 is 1.96 bits per heavy atom. The fraction of sp³-hybridized carbons (Fsp3) is 0.486. The number of amides is 1. The molecule has 2 N–H and O–H groups in total. The van der Waals surface area contributed by atoms with E-state index < -0.39 is 53.5 Å². The van der Waals surface area contributed by atoms with Gasteiger partial charge in [-0.1, -0.05) is 18.7 Å². The van der Waals surface area contributed by atoms with E-state index in [9.17, 15) is 24.8 Å². The molecule has 0 aromatic heterocycles. The van der Waals surface area contributed by atoms with Crippen LogP contribution in [0, 0.1) is 25.2 Å². The lowest BCUT2D eigenvalue weighted by molar-refractivity contribution is -0.151. The number of methoxy groups -OCH3 is 1. The number of carbonyl (C=O) groups excluding carboxylic acids is 3. The molecule has 7 atom stereocenters. The van der Waals surface area contributed by atoms with E-state index in [0.29, 0.717) is 51.7 Å². The summed E-state index contributed by atoms with van der Waals surface area (Å²) < 4.78 is 34.8. The summed E-state index contributed by atoms with van der Waals surface area (Å²) in [7, 11) is 3.46. The number of aromatic hydroxyl groups is 1. The van der Waals surface area contributed by atoms with E-state index in [2.05, 4.69) is 27.8 Å². The zero-order valence-electron chi connectivity index (χ0n) is 28.3. The molecule has 2 aromatic carbocycles. The minimum absolute atomic E-state index is 0.0179. The summed E-state index contributed by atoms with van der Waals surface area (Å²) >= 11 is 1.34. The molecule has 6 heterocycles. The number of fused-ring (bicyclic) bond motifs is 10. The maximum atomic E-state index is 13.6. The molecule has 1 amide bonds. The quantitative estimate of drug-likeness (QED) is 0.263. The number of phenols is 1. The van der Waals surface area contributed by atoms with E-state index in [0.717, 1.165) is 11.1 Å². The number of rotatable bonds is 5. The van der Waals surface area contributed by atoms with Gasteiger partial charge in [0.15, 0.2) is 23.0 Å². The average molecular weight is 707 g/mol. The third-order valence-electron chi connectivity index (χ3n) is 10.3. The Kier molecular flexibility index (Phi) is 8.73. The highest BCUT2D eigenvalue weighted by molar-refractivity contribution is 7.99. The zero-order chi connectivity index (χ0) is 35.6. The van der Waals surface area contributed by atoms with Crippen LogP contribution >= 0.6 is 11.8 Å². The van der Waals surface area contributed by atoms with Crippen molar-refractivity contribution in [3.05, 3.63) is 52.1 Å². The number of likely N-dealkylation sites (N-methyl/N-ethyl adjacent to an activating group) is 1. The second-order valence-electron chi connectivity index (χ2n) is 13.0. The largest absolute Gasteiger partial charge is 0.504 e. The van der Waals surface area contributed by atoms with Gasteiger partial charge in [0.25, 0.3) is 0 Å². The Morgan fingerprint density at radius 3 is 2.66 bits per heavy atom. The number of piperazine rings is 1. The number of carbonyl (C=O) groups is 3. The Bertz CT molecular complexity index is 1840. The monoisotopic (exact) mass is 706 g/mol. The summed E-state index contributed by atoms with van der Waals surface area (Å²) in [4.78, 5) is 43.2. The summed E-state index contributed by atoms with van der Waals surface area (Å²) in [6.45, 7) is 8.19. The van der Waals surface area contributed by atoms with Crippen molar-refractivity contribution in [2.45, 2.75) is 68.7 Å². The number of phenolic OH excluding ortho intramolecular Hbond substituents is 1. The van der Waals surface area contributed by atoms with Gasteiger partial charge < -0.3 is 38.8 Å². The van der Waals surface area contributed by atoms with E-state index in [4.69, 9.17) is 28.4 Å². The van der Waals surface area contributed by atoms with Gasteiger partial charge in [0.05, 0.1) is 30.5 Å². The van der Waals surface area contributed by atoms with Crippen molar-refractivity contribution in [1.29, 1.82) is 5.26 Å². The lowest BCUT2D eigenvalue weighted by atomic mass is 9.71. The second-order valence-corrected chi connectivity index (χ2v) is 14.1. The first-order valence-electron chi connectivity index (χ1n) is 16.3. The van der Waals surface area contributed by atoms with Crippen LogP contribution in [0.25, 0.3) is 0 Å². The van der Waals surface area contributed by atoms with Gasteiger partial charge in [0.1, 0.15) is 31.0 Å². The Balaban J connectivity index is 1.49. The average Bonchev–Trinajstić information content (AvgIpc) is 3.57. The van der Waals surface area contributed by atoms with Crippen LogP contribution in [0.4, 0.5) is 4.79 Å². The van der Waals surface area contributed by atoms with Crippen molar-refractivity contribution in [2.24, 2.45) is 0 Å². The number of ether oxygens (including phenoxy) is 6. The van der Waals surface area contributed by atoms with Gasteiger partial charge in [-0.3, -0.25) is 14.6 Å². The molecular formula is C35H38N4O10S. The fourth-order valence-corrected chi connectivity index (χ4v) is 9.89. The van der Waals surface area contributed by atoms with Gasteiger partial charge in [-0.2, -0.15) is 5.26 Å². The normalized spacial score (nSPS) is 27.8. The molecule has 50 heavy (non-hydrogen) atoms. The summed E-state index contributed by atoms with van der Waals surface area (Å²) in [6, 6.07) is 0.661. The molecule has 6 aliphatic heterocycles. The molecule has 0 aliphatic carbocycles. The third-order valence-corrected chi connectivity index (χ3v) is 11.7. The maximum Gasteiger partial charge on any atom is 0.408 e. The molecule has 8 rings (SSSR count). The number of nitriles is 1. The number of thioether (sulfide) groups is 1. The van der Waals surface area contributed by atoms with E-state index >= 15 is 0 Å². The van der Waals surface area contributed by atoms with Gasteiger partial charge in [-0.05, 0) is 38.4 Å². The smallest absolute Gasteiger partial charge is 0.408 e. The van der Waals surface area contributed by atoms with Gasteiger partial charge >= 0.3 is 18.0 Å². The molecule has 2 fully saturated rings. The Hall–Kier alpha value is -4.65. The lowest BCUT2D eigenvalue weighted by Crippen LogP contribution is -2.69. The van der Waals surface area contributed by atoms with Gasteiger partial charge in [0, 0.05) is 47.0 Å². The molecule has 4 bridgehead atoms. The van der Waals surface area contributed by atoms with Crippen molar-refractivity contribution in [3.8, 4) is 34.8 Å².